The molecule has 138 valence electrons. The van der Waals surface area contributed by atoms with E-state index in [2.05, 4.69) is 0 Å². The van der Waals surface area contributed by atoms with Gasteiger partial charge in [-0.25, -0.2) is 13.6 Å². The number of carbonyl (C=O) groups excluding carboxylic acids is 2. The zero-order valence-electron chi connectivity index (χ0n) is 14.9. The van der Waals surface area contributed by atoms with Crippen molar-refractivity contribution in [2.24, 2.45) is 5.14 Å². The smallest absolute Gasteiger partial charge is 0.254 e. The molecule has 0 radical (unpaired) electrons. The van der Waals surface area contributed by atoms with Gasteiger partial charge in [0, 0.05) is 25.2 Å². The van der Waals surface area contributed by atoms with Crippen LogP contribution in [0.2, 0.25) is 0 Å². The maximum Gasteiger partial charge on any atom is 0.254 e. The lowest BCUT2D eigenvalue weighted by Gasteiger charge is -2.46. The Labute approximate surface area is 148 Å². The number of carbonyl (C=O) groups is 2. The number of nitrogens with zero attached hydrogens (tertiary/aromatic N) is 2. The SMILES string of the molecule is CCCN1CCN(C(=O)c2cccc(CS(N)(=O)=O)c2)C(C)(C)C1=O. The van der Waals surface area contributed by atoms with Crippen molar-refractivity contribution in [1.29, 1.82) is 0 Å². The molecule has 25 heavy (non-hydrogen) atoms. The fourth-order valence-electron chi connectivity index (χ4n) is 3.13. The molecule has 1 fully saturated rings. The van der Waals surface area contributed by atoms with Crippen molar-refractivity contribution in [3.05, 3.63) is 35.4 Å². The molecule has 8 heteroatoms. The van der Waals surface area contributed by atoms with Gasteiger partial charge >= 0.3 is 0 Å². The first kappa shape index (κ1) is 19.4. The van der Waals surface area contributed by atoms with Crippen LogP contribution >= 0.6 is 0 Å². The summed E-state index contributed by atoms with van der Waals surface area (Å²) in [6.45, 7) is 7.10. The number of amides is 2. The van der Waals surface area contributed by atoms with E-state index in [0.29, 0.717) is 30.8 Å². The fraction of sp³-hybridized carbons (Fsp3) is 0.529. The normalized spacial score (nSPS) is 17.7. The molecule has 0 bridgehead atoms. The van der Waals surface area contributed by atoms with Crippen LogP contribution in [0, 0.1) is 0 Å². The summed E-state index contributed by atoms with van der Waals surface area (Å²) in [5.41, 5.74) is -0.145. The third-order valence-corrected chi connectivity index (χ3v) is 5.10. The second kappa shape index (κ2) is 7.13. The van der Waals surface area contributed by atoms with Crippen LogP contribution < -0.4 is 5.14 Å². The van der Waals surface area contributed by atoms with Crippen molar-refractivity contribution < 1.29 is 18.0 Å². The summed E-state index contributed by atoms with van der Waals surface area (Å²) in [7, 11) is -3.68. The van der Waals surface area contributed by atoms with E-state index in [1.54, 1.807) is 41.8 Å². The molecule has 0 aliphatic carbocycles. The van der Waals surface area contributed by atoms with Gasteiger partial charge in [-0.05, 0) is 38.0 Å². The third kappa shape index (κ3) is 4.38. The Morgan fingerprint density at radius 3 is 2.56 bits per heavy atom. The Balaban J connectivity index is 2.26. The second-order valence-electron chi connectivity index (χ2n) is 6.82. The predicted molar refractivity (Wildman–Crippen MR) is 95.2 cm³/mol. The highest BCUT2D eigenvalue weighted by Crippen LogP contribution is 2.25. The van der Waals surface area contributed by atoms with Crippen molar-refractivity contribution in [3.63, 3.8) is 0 Å². The van der Waals surface area contributed by atoms with Gasteiger partial charge in [0.2, 0.25) is 15.9 Å². The Morgan fingerprint density at radius 1 is 1.28 bits per heavy atom. The Bertz CT molecular complexity index is 774. The molecule has 1 aliphatic heterocycles. The van der Waals surface area contributed by atoms with E-state index < -0.39 is 15.6 Å². The van der Waals surface area contributed by atoms with Crippen LogP contribution in [0.1, 0.15) is 43.1 Å². The molecule has 0 saturated carbocycles. The summed E-state index contributed by atoms with van der Waals surface area (Å²) in [6.07, 6.45) is 0.866. The van der Waals surface area contributed by atoms with Crippen LogP contribution in [-0.2, 0) is 20.6 Å². The molecule has 1 aliphatic rings. The van der Waals surface area contributed by atoms with E-state index >= 15 is 0 Å². The number of hydrogen-bond acceptors (Lipinski definition) is 4. The molecule has 2 amide bonds. The van der Waals surface area contributed by atoms with E-state index in [-0.39, 0.29) is 17.6 Å². The van der Waals surface area contributed by atoms with Crippen LogP contribution in [0.4, 0.5) is 0 Å². The number of sulfonamides is 1. The molecule has 2 N–H and O–H groups in total. The molecule has 1 aromatic rings. The molecule has 0 aromatic heterocycles. The van der Waals surface area contributed by atoms with Gasteiger partial charge < -0.3 is 9.80 Å². The summed E-state index contributed by atoms with van der Waals surface area (Å²) < 4.78 is 22.5. The van der Waals surface area contributed by atoms with E-state index in [9.17, 15) is 18.0 Å². The van der Waals surface area contributed by atoms with Crippen LogP contribution in [-0.4, -0.2) is 55.2 Å². The lowest BCUT2D eigenvalue weighted by Crippen LogP contribution is -2.64. The molecule has 1 aromatic carbocycles. The number of rotatable bonds is 5. The molecular formula is C17H25N3O4S. The molecule has 1 heterocycles. The predicted octanol–water partition coefficient (Wildman–Crippen LogP) is 0.948. The van der Waals surface area contributed by atoms with Gasteiger partial charge in [0.25, 0.3) is 5.91 Å². The molecule has 0 unspecified atom stereocenters. The van der Waals surface area contributed by atoms with Gasteiger partial charge in [-0.3, -0.25) is 9.59 Å². The number of primary sulfonamides is 1. The molecular weight excluding hydrogens is 342 g/mol. The van der Waals surface area contributed by atoms with E-state index in [1.165, 1.54) is 6.07 Å². The van der Waals surface area contributed by atoms with Crippen LogP contribution in [0.25, 0.3) is 0 Å². The third-order valence-electron chi connectivity index (χ3n) is 4.36. The Morgan fingerprint density at radius 2 is 1.96 bits per heavy atom. The van der Waals surface area contributed by atoms with Gasteiger partial charge in [0.1, 0.15) is 5.54 Å². The largest absolute Gasteiger partial charge is 0.339 e. The number of benzene rings is 1. The van der Waals surface area contributed by atoms with E-state index in [0.717, 1.165) is 6.42 Å². The van der Waals surface area contributed by atoms with Crippen LogP contribution in [0.5, 0.6) is 0 Å². The summed E-state index contributed by atoms with van der Waals surface area (Å²) in [5, 5.41) is 5.07. The Kier molecular flexibility index (Phi) is 5.53. The summed E-state index contributed by atoms with van der Waals surface area (Å²) in [6, 6.07) is 6.37. The summed E-state index contributed by atoms with van der Waals surface area (Å²) >= 11 is 0. The molecule has 2 rings (SSSR count). The highest BCUT2D eigenvalue weighted by atomic mass is 32.2. The van der Waals surface area contributed by atoms with Gasteiger partial charge in [0.15, 0.2) is 0 Å². The second-order valence-corrected chi connectivity index (χ2v) is 8.43. The van der Waals surface area contributed by atoms with E-state index in [4.69, 9.17) is 5.14 Å². The molecule has 7 nitrogen and oxygen atoms in total. The van der Waals surface area contributed by atoms with Crippen LogP contribution in [0.15, 0.2) is 24.3 Å². The minimum atomic E-state index is -3.68. The quantitative estimate of drug-likeness (QED) is 0.837. The highest BCUT2D eigenvalue weighted by Gasteiger charge is 2.44. The minimum Gasteiger partial charge on any atom is -0.339 e. The van der Waals surface area contributed by atoms with Gasteiger partial charge in [0.05, 0.1) is 5.75 Å². The Hall–Kier alpha value is -1.93. The number of piperazine rings is 1. The highest BCUT2D eigenvalue weighted by molar-refractivity contribution is 7.88. The zero-order chi connectivity index (χ0) is 18.8. The lowest BCUT2D eigenvalue weighted by atomic mass is 9.95. The topological polar surface area (TPSA) is 101 Å². The first-order valence-electron chi connectivity index (χ1n) is 8.27. The first-order chi connectivity index (χ1) is 11.6. The van der Waals surface area contributed by atoms with Crippen LogP contribution in [0.3, 0.4) is 0 Å². The standard InChI is InChI=1S/C17H25N3O4S/c1-4-8-19-9-10-20(17(2,3)16(19)22)15(21)14-7-5-6-13(11-14)12-25(18,23)24/h5-7,11H,4,8-10,12H2,1-3H3,(H2,18,23,24). The lowest BCUT2D eigenvalue weighted by molar-refractivity contribution is -0.146. The minimum absolute atomic E-state index is 0.0744. The van der Waals surface area contributed by atoms with E-state index in [1.807, 2.05) is 6.92 Å². The number of nitrogens with two attached hydrogens (primary N) is 1. The van der Waals surface area contributed by atoms with Crippen molar-refractivity contribution in [3.8, 4) is 0 Å². The monoisotopic (exact) mass is 367 g/mol. The van der Waals surface area contributed by atoms with Crippen molar-refractivity contribution in [2.75, 3.05) is 19.6 Å². The van der Waals surface area contributed by atoms with Crippen molar-refractivity contribution in [1.82, 2.24) is 9.80 Å². The average Bonchev–Trinajstić information content (AvgIpc) is 2.50. The summed E-state index contributed by atoms with van der Waals surface area (Å²) in [4.78, 5) is 28.9. The maximum absolute atomic E-state index is 12.9. The van der Waals surface area contributed by atoms with Gasteiger partial charge in [-0.2, -0.15) is 0 Å². The average molecular weight is 367 g/mol. The van der Waals surface area contributed by atoms with Crippen molar-refractivity contribution >= 4 is 21.8 Å². The molecule has 1 saturated heterocycles. The van der Waals surface area contributed by atoms with Gasteiger partial charge in [-0.15, -0.1) is 0 Å². The maximum atomic E-state index is 12.9. The summed E-state index contributed by atoms with van der Waals surface area (Å²) in [5.74, 6) is -0.693. The van der Waals surface area contributed by atoms with Crippen molar-refractivity contribution in [2.45, 2.75) is 38.5 Å². The van der Waals surface area contributed by atoms with Gasteiger partial charge in [-0.1, -0.05) is 19.1 Å². The zero-order valence-corrected chi connectivity index (χ0v) is 15.7. The molecule has 0 atom stereocenters. The number of hydrogen-bond donors (Lipinski definition) is 1. The first-order valence-corrected chi connectivity index (χ1v) is 9.98. The fourth-order valence-corrected chi connectivity index (χ4v) is 3.77. The molecule has 0 spiro atoms.